The van der Waals surface area contributed by atoms with Gasteiger partial charge in [-0.3, -0.25) is 9.67 Å². The van der Waals surface area contributed by atoms with Crippen molar-refractivity contribution in [3.63, 3.8) is 0 Å². The molecule has 1 N–H and O–H groups in total. The molecule has 2 rings (SSSR count). The highest BCUT2D eigenvalue weighted by Gasteiger charge is 2.15. The third-order valence-electron chi connectivity index (χ3n) is 2.76. The molecule has 0 radical (unpaired) electrons. The lowest BCUT2D eigenvalue weighted by Gasteiger charge is -2.15. The molecule has 4 nitrogen and oxygen atoms in total. The maximum absolute atomic E-state index is 5.87. The number of aryl methyl sites for hydroxylation is 1. The molecule has 0 amide bonds. The summed E-state index contributed by atoms with van der Waals surface area (Å²) in [6, 6.07) is 3.87. The molecule has 2 aromatic heterocycles. The Hall–Kier alpha value is -1.39. The van der Waals surface area contributed by atoms with Gasteiger partial charge in [-0.25, -0.2) is 0 Å². The highest BCUT2D eigenvalue weighted by Crippen LogP contribution is 2.20. The van der Waals surface area contributed by atoms with Gasteiger partial charge in [0, 0.05) is 24.5 Å². The Morgan fingerprint density at radius 3 is 2.72 bits per heavy atom. The molecule has 0 fully saturated rings. The van der Waals surface area contributed by atoms with Gasteiger partial charge in [-0.15, -0.1) is 0 Å². The van der Waals surface area contributed by atoms with Crippen molar-refractivity contribution in [1.82, 2.24) is 20.1 Å². The van der Waals surface area contributed by atoms with E-state index >= 15 is 0 Å². The van der Waals surface area contributed by atoms with Gasteiger partial charge in [0.2, 0.25) is 0 Å². The number of aromatic nitrogens is 3. The zero-order chi connectivity index (χ0) is 13.0. The quantitative estimate of drug-likeness (QED) is 0.903. The number of rotatable bonds is 5. The number of halogens is 1. The van der Waals surface area contributed by atoms with E-state index in [9.17, 15) is 0 Å². The second-order valence-corrected chi connectivity index (χ2v) is 4.46. The van der Waals surface area contributed by atoms with E-state index in [1.54, 1.807) is 6.20 Å². The lowest BCUT2D eigenvalue weighted by atomic mass is 10.1. The van der Waals surface area contributed by atoms with Crippen LogP contribution < -0.4 is 5.32 Å². The van der Waals surface area contributed by atoms with E-state index in [-0.39, 0.29) is 6.04 Å². The molecule has 0 aliphatic heterocycles. The summed E-state index contributed by atoms with van der Waals surface area (Å²) < 4.78 is 1.91. The van der Waals surface area contributed by atoms with Gasteiger partial charge in [-0.2, -0.15) is 5.10 Å². The number of hydrogen-bond donors (Lipinski definition) is 1. The SMILES string of the molecule is CCNC(c1cnn(CC)c1)c1ccc(Cl)cn1. The molecule has 0 saturated heterocycles. The average molecular weight is 265 g/mol. The van der Waals surface area contributed by atoms with Crippen molar-refractivity contribution in [3.8, 4) is 0 Å². The number of nitrogens with zero attached hydrogens (tertiary/aromatic N) is 3. The monoisotopic (exact) mass is 264 g/mol. The predicted molar refractivity (Wildman–Crippen MR) is 72.7 cm³/mol. The minimum absolute atomic E-state index is 0.0626. The van der Waals surface area contributed by atoms with Gasteiger partial charge in [-0.1, -0.05) is 18.5 Å². The smallest absolute Gasteiger partial charge is 0.0782 e. The van der Waals surface area contributed by atoms with Crippen molar-refractivity contribution >= 4 is 11.6 Å². The van der Waals surface area contributed by atoms with E-state index in [1.807, 2.05) is 29.2 Å². The van der Waals surface area contributed by atoms with E-state index in [4.69, 9.17) is 11.6 Å². The molecule has 0 aliphatic carbocycles. The molecule has 96 valence electrons. The zero-order valence-corrected chi connectivity index (χ0v) is 11.4. The fourth-order valence-corrected chi connectivity index (χ4v) is 1.97. The van der Waals surface area contributed by atoms with E-state index in [1.165, 1.54) is 0 Å². The molecule has 1 atom stereocenters. The molecule has 0 aromatic carbocycles. The highest BCUT2D eigenvalue weighted by atomic mass is 35.5. The van der Waals surface area contributed by atoms with Crippen molar-refractivity contribution in [2.45, 2.75) is 26.4 Å². The maximum Gasteiger partial charge on any atom is 0.0782 e. The van der Waals surface area contributed by atoms with Crippen LogP contribution in [0, 0.1) is 0 Å². The first-order valence-electron chi connectivity index (χ1n) is 6.11. The molecule has 18 heavy (non-hydrogen) atoms. The van der Waals surface area contributed by atoms with Crippen LogP contribution in [0.1, 0.15) is 31.1 Å². The first kappa shape index (κ1) is 13.1. The molecule has 0 saturated carbocycles. The van der Waals surface area contributed by atoms with E-state index in [0.29, 0.717) is 5.02 Å². The molecule has 0 bridgehead atoms. The molecule has 5 heteroatoms. The van der Waals surface area contributed by atoms with Crippen molar-refractivity contribution in [3.05, 3.63) is 47.0 Å². The summed E-state index contributed by atoms with van der Waals surface area (Å²) in [7, 11) is 0. The molecule has 2 aromatic rings. The van der Waals surface area contributed by atoms with Gasteiger partial charge < -0.3 is 5.32 Å². The third-order valence-corrected chi connectivity index (χ3v) is 2.99. The summed E-state index contributed by atoms with van der Waals surface area (Å²) in [6.45, 7) is 5.88. The topological polar surface area (TPSA) is 42.7 Å². The zero-order valence-electron chi connectivity index (χ0n) is 10.6. The summed E-state index contributed by atoms with van der Waals surface area (Å²) in [5, 5.41) is 8.37. The van der Waals surface area contributed by atoms with Crippen LogP contribution >= 0.6 is 11.6 Å². The van der Waals surface area contributed by atoms with Gasteiger partial charge in [0.1, 0.15) is 0 Å². The van der Waals surface area contributed by atoms with Crippen LogP contribution in [0.4, 0.5) is 0 Å². The summed E-state index contributed by atoms with van der Waals surface area (Å²) in [5.41, 5.74) is 2.07. The fourth-order valence-electron chi connectivity index (χ4n) is 1.86. The molecular formula is C13H17ClN4. The van der Waals surface area contributed by atoms with Crippen LogP contribution in [0.5, 0.6) is 0 Å². The summed E-state index contributed by atoms with van der Waals surface area (Å²) in [4.78, 5) is 4.38. The van der Waals surface area contributed by atoms with E-state index < -0.39 is 0 Å². The first-order chi connectivity index (χ1) is 8.74. The normalized spacial score (nSPS) is 12.6. The van der Waals surface area contributed by atoms with Crippen LogP contribution in [0.25, 0.3) is 0 Å². The van der Waals surface area contributed by atoms with Crippen molar-refractivity contribution in [2.75, 3.05) is 6.54 Å². The summed E-state index contributed by atoms with van der Waals surface area (Å²) >= 11 is 5.87. The summed E-state index contributed by atoms with van der Waals surface area (Å²) in [6.07, 6.45) is 5.60. The fraction of sp³-hybridized carbons (Fsp3) is 0.385. The van der Waals surface area contributed by atoms with Crippen molar-refractivity contribution < 1.29 is 0 Å². The van der Waals surface area contributed by atoms with Crippen LogP contribution in [0.15, 0.2) is 30.7 Å². The lowest BCUT2D eigenvalue weighted by molar-refractivity contribution is 0.612. The Kier molecular flexibility index (Phi) is 4.33. The standard InChI is InChI=1S/C13H17ClN4/c1-3-15-13(10-7-17-18(4-2)9-10)12-6-5-11(14)8-16-12/h5-9,13,15H,3-4H2,1-2H3. The molecule has 0 spiro atoms. The van der Waals surface area contributed by atoms with Crippen molar-refractivity contribution in [2.24, 2.45) is 0 Å². The van der Waals surface area contributed by atoms with Crippen molar-refractivity contribution in [1.29, 1.82) is 0 Å². The molecular weight excluding hydrogens is 248 g/mol. The Bertz CT molecular complexity index is 492. The lowest BCUT2D eigenvalue weighted by Crippen LogP contribution is -2.22. The number of nitrogens with one attached hydrogen (secondary N) is 1. The second kappa shape index (κ2) is 5.98. The third kappa shape index (κ3) is 2.89. The Balaban J connectivity index is 2.29. The number of pyridine rings is 1. The van der Waals surface area contributed by atoms with Crippen LogP contribution in [0.3, 0.4) is 0 Å². The van der Waals surface area contributed by atoms with Crippen LogP contribution in [-0.2, 0) is 6.54 Å². The minimum Gasteiger partial charge on any atom is -0.305 e. The van der Waals surface area contributed by atoms with E-state index in [0.717, 1.165) is 24.3 Å². The molecule has 2 heterocycles. The first-order valence-corrected chi connectivity index (χ1v) is 6.49. The predicted octanol–water partition coefficient (Wildman–Crippen LogP) is 2.65. The largest absolute Gasteiger partial charge is 0.305 e. The van der Waals surface area contributed by atoms with Gasteiger partial charge in [0.15, 0.2) is 0 Å². The Labute approximate surface area is 112 Å². The Morgan fingerprint density at radius 2 is 2.17 bits per heavy atom. The number of hydrogen-bond acceptors (Lipinski definition) is 3. The van der Waals surface area contributed by atoms with Gasteiger partial charge in [0.25, 0.3) is 0 Å². The Morgan fingerprint density at radius 1 is 1.33 bits per heavy atom. The van der Waals surface area contributed by atoms with Crippen LogP contribution in [0.2, 0.25) is 5.02 Å². The van der Waals surface area contributed by atoms with Crippen LogP contribution in [-0.4, -0.2) is 21.3 Å². The van der Waals surface area contributed by atoms with Gasteiger partial charge >= 0.3 is 0 Å². The second-order valence-electron chi connectivity index (χ2n) is 4.02. The van der Waals surface area contributed by atoms with Gasteiger partial charge in [-0.05, 0) is 25.6 Å². The maximum atomic E-state index is 5.87. The average Bonchev–Trinajstić information content (AvgIpc) is 2.86. The summed E-state index contributed by atoms with van der Waals surface area (Å²) in [5.74, 6) is 0. The van der Waals surface area contributed by atoms with E-state index in [2.05, 4.69) is 29.2 Å². The highest BCUT2D eigenvalue weighted by molar-refractivity contribution is 6.30. The minimum atomic E-state index is 0.0626. The molecule has 1 unspecified atom stereocenters. The van der Waals surface area contributed by atoms with Gasteiger partial charge in [0.05, 0.1) is 23.0 Å². The molecule has 0 aliphatic rings.